The highest BCUT2D eigenvalue weighted by atomic mass is 16.5. The van der Waals surface area contributed by atoms with Gasteiger partial charge in [0, 0.05) is 6.04 Å². The van der Waals surface area contributed by atoms with Gasteiger partial charge in [-0.25, -0.2) is 0 Å². The summed E-state index contributed by atoms with van der Waals surface area (Å²) < 4.78 is 4.60. The minimum atomic E-state index is -0.195. The van der Waals surface area contributed by atoms with E-state index in [0.29, 0.717) is 12.3 Å². The van der Waals surface area contributed by atoms with E-state index in [1.54, 1.807) is 0 Å². The third kappa shape index (κ3) is 2.02. The molecule has 2 N–H and O–H groups in total. The van der Waals surface area contributed by atoms with Gasteiger partial charge in [-0.2, -0.15) is 0 Å². The molecule has 0 aromatic rings. The van der Waals surface area contributed by atoms with Crippen LogP contribution in [0.1, 0.15) is 33.1 Å². The standard InChI is InChI=1S/C10H19NO2/c1-7(2)10(4-5-10)8(11)6-9(12)13-3/h7-8H,4-6,11H2,1-3H3. The molecule has 0 aliphatic heterocycles. The Morgan fingerprint density at radius 3 is 2.38 bits per heavy atom. The second-order valence-corrected chi connectivity index (χ2v) is 4.27. The van der Waals surface area contributed by atoms with E-state index >= 15 is 0 Å². The molecule has 1 rings (SSSR count). The van der Waals surface area contributed by atoms with Gasteiger partial charge in [0.15, 0.2) is 0 Å². The number of esters is 1. The van der Waals surface area contributed by atoms with Gasteiger partial charge in [-0.3, -0.25) is 4.79 Å². The lowest BCUT2D eigenvalue weighted by Gasteiger charge is -2.26. The van der Waals surface area contributed by atoms with E-state index in [0.717, 1.165) is 12.8 Å². The normalized spacial score (nSPS) is 21.3. The molecule has 0 saturated heterocycles. The van der Waals surface area contributed by atoms with Crippen LogP contribution in [0, 0.1) is 11.3 Å². The van der Waals surface area contributed by atoms with Crippen LogP contribution in [-0.4, -0.2) is 19.1 Å². The molecule has 1 fully saturated rings. The molecule has 0 spiro atoms. The molecule has 0 amide bonds. The monoisotopic (exact) mass is 185 g/mol. The summed E-state index contributed by atoms with van der Waals surface area (Å²) in [7, 11) is 1.41. The first-order valence-corrected chi connectivity index (χ1v) is 4.85. The summed E-state index contributed by atoms with van der Waals surface area (Å²) in [6.07, 6.45) is 2.67. The van der Waals surface area contributed by atoms with E-state index in [4.69, 9.17) is 5.73 Å². The van der Waals surface area contributed by atoms with Crippen LogP contribution in [0.4, 0.5) is 0 Å². The predicted octanol–water partition coefficient (Wildman–Crippen LogP) is 1.31. The smallest absolute Gasteiger partial charge is 0.307 e. The highest BCUT2D eigenvalue weighted by Crippen LogP contribution is 2.54. The molecule has 1 unspecified atom stereocenters. The summed E-state index contributed by atoms with van der Waals surface area (Å²) in [5.41, 5.74) is 6.21. The number of ether oxygens (including phenoxy) is 1. The van der Waals surface area contributed by atoms with Gasteiger partial charge in [-0.15, -0.1) is 0 Å². The van der Waals surface area contributed by atoms with Crippen molar-refractivity contribution < 1.29 is 9.53 Å². The molecule has 3 nitrogen and oxygen atoms in total. The average Bonchev–Trinajstić information content (AvgIpc) is 2.83. The number of rotatable bonds is 4. The summed E-state index contributed by atoms with van der Waals surface area (Å²) in [4.78, 5) is 11.0. The Morgan fingerprint density at radius 2 is 2.08 bits per heavy atom. The number of nitrogens with two attached hydrogens (primary N) is 1. The third-order valence-corrected chi connectivity index (χ3v) is 3.33. The molecule has 1 saturated carbocycles. The maximum Gasteiger partial charge on any atom is 0.307 e. The van der Waals surface area contributed by atoms with Crippen LogP contribution >= 0.6 is 0 Å². The first-order valence-electron chi connectivity index (χ1n) is 4.85. The van der Waals surface area contributed by atoms with Gasteiger partial charge < -0.3 is 10.5 Å². The van der Waals surface area contributed by atoms with Gasteiger partial charge in [0.2, 0.25) is 0 Å². The zero-order valence-electron chi connectivity index (χ0n) is 8.67. The molecule has 1 atom stereocenters. The van der Waals surface area contributed by atoms with Crippen LogP contribution in [0.25, 0.3) is 0 Å². The first-order chi connectivity index (χ1) is 6.03. The molecule has 0 bridgehead atoms. The molecule has 13 heavy (non-hydrogen) atoms. The van der Waals surface area contributed by atoms with Crippen molar-refractivity contribution in [1.29, 1.82) is 0 Å². The Hall–Kier alpha value is -0.570. The van der Waals surface area contributed by atoms with Gasteiger partial charge in [0.05, 0.1) is 13.5 Å². The van der Waals surface area contributed by atoms with Crippen LogP contribution < -0.4 is 5.73 Å². The second kappa shape index (κ2) is 3.66. The lowest BCUT2D eigenvalue weighted by Crippen LogP contribution is -2.37. The van der Waals surface area contributed by atoms with E-state index in [9.17, 15) is 4.79 Å². The molecular formula is C10H19NO2. The number of carbonyl (C=O) groups is 1. The van der Waals surface area contributed by atoms with Gasteiger partial charge in [-0.05, 0) is 24.2 Å². The summed E-state index contributed by atoms with van der Waals surface area (Å²) in [5.74, 6) is 0.367. The van der Waals surface area contributed by atoms with Crippen LogP contribution in [0.5, 0.6) is 0 Å². The quantitative estimate of drug-likeness (QED) is 0.672. The molecule has 0 aromatic heterocycles. The van der Waals surface area contributed by atoms with Gasteiger partial charge in [0.1, 0.15) is 0 Å². The predicted molar refractivity (Wildman–Crippen MR) is 51.1 cm³/mol. The minimum absolute atomic E-state index is 0.0278. The van der Waals surface area contributed by atoms with E-state index in [2.05, 4.69) is 18.6 Å². The Bertz CT molecular complexity index is 197. The first kappa shape index (κ1) is 10.5. The van der Waals surface area contributed by atoms with Crippen LogP contribution in [0.3, 0.4) is 0 Å². The van der Waals surface area contributed by atoms with Crippen molar-refractivity contribution in [2.45, 2.75) is 39.2 Å². The summed E-state index contributed by atoms with van der Waals surface area (Å²) >= 11 is 0. The van der Waals surface area contributed by atoms with Crippen molar-refractivity contribution in [3.05, 3.63) is 0 Å². The van der Waals surface area contributed by atoms with Crippen molar-refractivity contribution >= 4 is 5.97 Å². The van der Waals surface area contributed by atoms with Gasteiger partial charge in [0.25, 0.3) is 0 Å². The zero-order chi connectivity index (χ0) is 10.1. The lowest BCUT2D eigenvalue weighted by molar-refractivity contribution is -0.141. The fourth-order valence-corrected chi connectivity index (χ4v) is 1.99. The summed E-state index contributed by atoms with van der Waals surface area (Å²) in [6, 6.07) is -0.0278. The van der Waals surface area contributed by atoms with Gasteiger partial charge >= 0.3 is 5.97 Å². The Kier molecular flexibility index (Phi) is 2.96. The number of methoxy groups -OCH3 is 1. The average molecular weight is 185 g/mol. The molecule has 3 heteroatoms. The molecule has 1 aliphatic rings. The number of hydrogen-bond donors (Lipinski definition) is 1. The minimum Gasteiger partial charge on any atom is -0.469 e. The summed E-state index contributed by atoms with van der Waals surface area (Å²) in [5, 5.41) is 0. The highest BCUT2D eigenvalue weighted by molar-refractivity contribution is 5.70. The Labute approximate surface area is 79.6 Å². The summed E-state index contributed by atoms with van der Waals surface area (Å²) in [6.45, 7) is 4.34. The SMILES string of the molecule is COC(=O)CC(N)C1(C(C)C)CC1. The fraction of sp³-hybridized carbons (Fsp3) is 0.900. The maximum absolute atomic E-state index is 11.0. The number of carbonyl (C=O) groups excluding carboxylic acids is 1. The van der Waals surface area contributed by atoms with Crippen molar-refractivity contribution in [2.24, 2.45) is 17.1 Å². The zero-order valence-corrected chi connectivity index (χ0v) is 8.67. The van der Waals surface area contributed by atoms with Crippen LogP contribution in [-0.2, 0) is 9.53 Å². The van der Waals surface area contributed by atoms with Gasteiger partial charge in [-0.1, -0.05) is 13.8 Å². The van der Waals surface area contributed by atoms with Crippen LogP contribution in [0.2, 0.25) is 0 Å². The topological polar surface area (TPSA) is 52.3 Å². The molecule has 76 valence electrons. The third-order valence-electron chi connectivity index (χ3n) is 3.33. The maximum atomic E-state index is 11.0. The molecule has 1 aliphatic carbocycles. The molecule has 0 heterocycles. The lowest BCUT2D eigenvalue weighted by atomic mass is 9.84. The van der Waals surface area contributed by atoms with E-state index in [1.807, 2.05) is 0 Å². The molecule has 0 aromatic carbocycles. The Balaban J connectivity index is 2.48. The van der Waals surface area contributed by atoms with Crippen molar-refractivity contribution in [2.75, 3.05) is 7.11 Å². The highest BCUT2D eigenvalue weighted by Gasteiger charge is 2.50. The van der Waals surface area contributed by atoms with Crippen LogP contribution in [0.15, 0.2) is 0 Å². The van der Waals surface area contributed by atoms with E-state index in [1.165, 1.54) is 7.11 Å². The molecule has 0 radical (unpaired) electrons. The largest absolute Gasteiger partial charge is 0.469 e. The van der Waals surface area contributed by atoms with E-state index < -0.39 is 0 Å². The molecular weight excluding hydrogens is 166 g/mol. The number of hydrogen-bond acceptors (Lipinski definition) is 3. The Morgan fingerprint density at radius 1 is 1.54 bits per heavy atom. The fourth-order valence-electron chi connectivity index (χ4n) is 1.99. The van der Waals surface area contributed by atoms with Crippen molar-refractivity contribution in [1.82, 2.24) is 0 Å². The van der Waals surface area contributed by atoms with Crippen molar-refractivity contribution in [3.8, 4) is 0 Å². The van der Waals surface area contributed by atoms with E-state index in [-0.39, 0.29) is 17.4 Å². The second-order valence-electron chi connectivity index (χ2n) is 4.27. The van der Waals surface area contributed by atoms with Crippen molar-refractivity contribution in [3.63, 3.8) is 0 Å².